The van der Waals surface area contributed by atoms with Gasteiger partial charge in [0, 0.05) is 18.8 Å². The highest BCUT2D eigenvalue weighted by atomic mass is 16.6. The SMILES string of the molecule is Cc1nn(C)cc1C1CNC(=O)O1. The molecule has 0 aromatic carbocycles. The van der Waals surface area contributed by atoms with E-state index in [-0.39, 0.29) is 12.2 Å². The normalized spacial score (nSPS) is 21.4. The van der Waals surface area contributed by atoms with Gasteiger partial charge in [-0.15, -0.1) is 0 Å². The predicted molar refractivity (Wildman–Crippen MR) is 45.2 cm³/mol. The first kappa shape index (κ1) is 8.10. The Labute approximate surface area is 75.7 Å². The van der Waals surface area contributed by atoms with Gasteiger partial charge in [0.15, 0.2) is 0 Å². The average molecular weight is 181 g/mol. The number of hydrogen-bond acceptors (Lipinski definition) is 3. The Bertz CT molecular complexity index is 345. The number of carbonyl (C=O) groups is 1. The van der Waals surface area contributed by atoms with Crippen molar-refractivity contribution in [2.75, 3.05) is 6.54 Å². The second kappa shape index (κ2) is 2.76. The van der Waals surface area contributed by atoms with E-state index in [1.54, 1.807) is 4.68 Å². The Balaban J connectivity index is 2.25. The number of aryl methyl sites for hydroxylation is 2. The molecule has 5 heteroatoms. The first-order valence-corrected chi connectivity index (χ1v) is 4.11. The van der Waals surface area contributed by atoms with E-state index in [1.165, 1.54) is 0 Å². The van der Waals surface area contributed by atoms with Crippen molar-refractivity contribution >= 4 is 6.09 Å². The molecule has 1 N–H and O–H groups in total. The standard InChI is InChI=1S/C8H11N3O2/c1-5-6(4-11(2)10-5)7-3-9-8(12)13-7/h4,7H,3H2,1-2H3,(H,9,12). The maximum absolute atomic E-state index is 10.8. The summed E-state index contributed by atoms with van der Waals surface area (Å²) in [5, 5.41) is 6.78. The van der Waals surface area contributed by atoms with E-state index in [2.05, 4.69) is 10.4 Å². The van der Waals surface area contributed by atoms with Crippen LogP contribution in [0.2, 0.25) is 0 Å². The largest absolute Gasteiger partial charge is 0.439 e. The summed E-state index contributed by atoms with van der Waals surface area (Å²) in [6, 6.07) is 0. The molecule has 1 aliphatic heterocycles. The molecule has 0 radical (unpaired) electrons. The lowest BCUT2D eigenvalue weighted by molar-refractivity contribution is 0.141. The second-order valence-electron chi connectivity index (χ2n) is 3.12. The van der Waals surface area contributed by atoms with Crippen LogP contribution in [0.4, 0.5) is 4.79 Å². The zero-order valence-electron chi connectivity index (χ0n) is 7.57. The van der Waals surface area contributed by atoms with Gasteiger partial charge in [-0.3, -0.25) is 4.68 Å². The van der Waals surface area contributed by atoms with Gasteiger partial charge in [-0.05, 0) is 6.92 Å². The molecule has 1 fully saturated rings. The van der Waals surface area contributed by atoms with Gasteiger partial charge < -0.3 is 10.1 Å². The Hall–Kier alpha value is -1.52. The monoisotopic (exact) mass is 181 g/mol. The molecule has 1 saturated heterocycles. The zero-order chi connectivity index (χ0) is 9.42. The van der Waals surface area contributed by atoms with Crippen LogP contribution in [0.1, 0.15) is 17.4 Å². The smallest absolute Gasteiger partial charge is 0.407 e. The van der Waals surface area contributed by atoms with Gasteiger partial charge in [0.25, 0.3) is 0 Å². The van der Waals surface area contributed by atoms with Crippen molar-refractivity contribution in [2.24, 2.45) is 7.05 Å². The predicted octanol–water partition coefficient (Wildman–Crippen LogP) is 0.509. The summed E-state index contributed by atoms with van der Waals surface area (Å²) in [6.45, 7) is 2.44. The number of rotatable bonds is 1. The first-order valence-electron chi connectivity index (χ1n) is 4.11. The summed E-state index contributed by atoms with van der Waals surface area (Å²) in [6.07, 6.45) is 1.34. The summed E-state index contributed by atoms with van der Waals surface area (Å²) in [7, 11) is 1.85. The molecule has 13 heavy (non-hydrogen) atoms. The van der Waals surface area contributed by atoms with Gasteiger partial charge in [-0.2, -0.15) is 5.10 Å². The molecular weight excluding hydrogens is 170 g/mol. The molecular formula is C8H11N3O2. The number of alkyl carbamates (subject to hydrolysis) is 1. The topological polar surface area (TPSA) is 56.2 Å². The van der Waals surface area contributed by atoms with Crippen LogP contribution in [-0.4, -0.2) is 22.4 Å². The lowest BCUT2D eigenvalue weighted by atomic mass is 10.1. The van der Waals surface area contributed by atoms with Crippen molar-refractivity contribution < 1.29 is 9.53 Å². The second-order valence-corrected chi connectivity index (χ2v) is 3.12. The van der Waals surface area contributed by atoms with Gasteiger partial charge >= 0.3 is 6.09 Å². The van der Waals surface area contributed by atoms with Gasteiger partial charge in [0.05, 0.1) is 12.2 Å². The summed E-state index contributed by atoms with van der Waals surface area (Å²) in [4.78, 5) is 10.8. The fraction of sp³-hybridized carbons (Fsp3) is 0.500. The minimum absolute atomic E-state index is 0.179. The summed E-state index contributed by atoms with van der Waals surface area (Å²) in [5.41, 5.74) is 1.88. The highest BCUT2D eigenvalue weighted by Crippen LogP contribution is 2.22. The Morgan fingerprint density at radius 3 is 3.00 bits per heavy atom. The van der Waals surface area contributed by atoms with Crippen molar-refractivity contribution in [3.63, 3.8) is 0 Å². The van der Waals surface area contributed by atoms with Crippen LogP contribution in [0.3, 0.4) is 0 Å². The molecule has 1 aliphatic rings. The lowest BCUT2D eigenvalue weighted by Gasteiger charge is -2.04. The number of aromatic nitrogens is 2. The Morgan fingerprint density at radius 2 is 2.54 bits per heavy atom. The maximum Gasteiger partial charge on any atom is 0.407 e. The number of nitrogens with zero attached hydrogens (tertiary/aromatic N) is 2. The third-order valence-electron chi connectivity index (χ3n) is 2.08. The van der Waals surface area contributed by atoms with Crippen LogP contribution >= 0.6 is 0 Å². The molecule has 1 amide bonds. The molecule has 0 spiro atoms. The molecule has 1 aromatic heterocycles. The third-order valence-corrected chi connectivity index (χ3v) is 2.08. The van der Waals surface area contributed by atoms with Crippen molar-refractivity contribution in [2.45, 2.75) is 13.0 Å². The highest BCUT2D eigenvalue weighted by molar-refractivity contribution is 5.69. The van der Waals surface area contributed by atoms with Crippen LogP contribution in [0, 0.1) is 6.92 Å². The number of hydrogen-bond donors (Lipinski definition) is 1. The van der Waals surface area contributed by atoms with E-state index in [9.17, 15) is 4.79 Å². The lowest BCUT2D eigenvalue weighted by Crippen LogP contribution is -2.12. The maximum atomic E-state index is 10.8. The molecule has 5 nitrogen and oxygen atoms in total. The summed E-state index contributed by atoms with van der Waals surface area (Å²) < 4.78 is 6.76. The van der Waals surface area contributed by atoms with E-state index in [0.717, 1.165) is 11.3 Å². The molecule has 2 heterocycles. The molecule has 1 unspecified atom stereocenters. The van der Waals surface area contributed by atoms with E-state index >= 15 is 0 Å². The van der Waals surface area contributed by atoms with E-state index < -0.39 is 0 Å². The fourth-order valence-electron chi connectivity index (χ4n) is 1.50. The summed E-state index contributed by atoms with van der Waals surface area (Å²) >= 11 is 0. The van der Waals surface area contributed by atoms with E-state index in [1.807, 2.05) is 20.2 Å². The Kier molecular flexibility index (Phi) is 1.72. The number of nitrogens with one attached hydrogen (secondary N) is 1. The van der Waals surface area contributed by atoms with Crippen molar-refractivity contribution in [3.05, 3.63) is 17.5 Å². The average Bonchev–Trinajstić information content (AvgIpc) is 2.58. The van der Waals surface area contributed by atoms with Crippen molar-refractivity contribution in [1.29, 1.82) is 0 Å². The minimum atomic E-state index is -0.353. The van der Waals surface area contributed by atoms with Crippen molar-refractivity contribution in [3.8, 4) is 0 Å². The van der Waals surface area contributed by atoms with Gasteiger partial charge in [0.2, 0.25) is 0 Å². The molecule has 1 aromatic rings. The van der Waals surface area contributed by atoms with E-state index in [0.29, 0.717) is 6.54 Å². The quantitative estimate of drug-likeness (QED) is 0.686. The van der Waals surface area contributed by atoms with Crippen molar-refractivity contribution in [1.82, 2.24) is 15.1 Å². The fourth-order valence-corrected chi connectivity index (χ4v) is 1.50. The van der Waals surface area contributed by atoms with Crippen LogP contribution in [-0.2, 0) is 11.8 Å². The number of ether oxygens (including phenoxy) is 1. The molecule has 1 atom stereocenters. The van der Waals surface area contributed by atoms with Gasteiger partial charge in [0.1, 0.15) is 6.10 Å². The van der Waals surface area contributed by atoms with Gasteiger partial charge in [-0.1, -0.05) is 0 Å². The highest BCUT2D eigenvalue weighted by Gasteiger charge is 2.26. The molecule has 2 rings (SSSR count). The third kappa shape index (κ3) is 1.37. The van der Waals surface area contributed by atoms with Crippen LogP contribution in [0.5, 0.6) is 0 Å². The summed E-state index contributed by atoms with van der Waals surface area (Å²) in [5.74, 6) is 0. The van der Waals surface area contributed by atoms with E-state index in [4.69, 9.17) is 4.74 Å². The minimum Gasteiger partial charge on any atom is -0.439 e. The molecule has 0 bridgehead atoms. The van der Waals surface area contributed by atoms with Gasteiger partial charge in [-0.25, -0.2) is 4.79 Å². The first-order chi connectivity index (χ1) is 6.16. The van der Waals surface area contributed by atoms with Crippen LogP contribution < -0.4 is 5.32 Å². The van der Waals surface area contributed by atoms with Crippen LogP contribution in [0.25, 0.3) is 0 Å². The number of cyclic esters (lactones) is 1. The van der Waals surface area contributed by atoms with Crippen LogP contribution in [0.15, 0.2) is 6.20 Å². The molecule has 70 valence electrons. The zero-order valence-corrected chi connectivity index (χ0v) is 7.57. The number of amides is 1. The molecule has 0 aliphatic carbocycles. The Morgan fingerprint density at radius 1 is 1.77 bits per heavy atom. The molecule has 0 saturated carbocycles. The number of carbonyl (C=O) groups excluding carboxylic acids is 1.